The molecule has 0 aromatic heterocycles. The Balaban J connectivity index is 0.00000200. The molecule has 1 aromatic carbocycles. The van der Waals surface area contributed by atoms with E-state index in [0.717, 1.165) is 30.1 Å². The zero-order valence-electron chi connectivity index (χ0n) is 12.0. The van der Waals surface area contributed by atoms with Crippen LogP contribution in [0.2, 0.25) is 0 Å². The molecule has 2 rings (SSSR count). The van der Waals surface area contributed by atoms with Crippen LogP contribution in [0.1, 0.15) is 30.9 Å². The highest BCUT2D eigenvalue weighted by Crippen LogP contribution is 2.16. The number of piperidine rings is 1. The standard InChI is InChI=1S/C15H23N3O.HI/c1-12-6-8-18(9-7-12)15(16)17-10-13-4-2-3-5-14(13)11-19;/h2-5,12,19H,6-11H2,1H3,(H2,16,17);1H. The molecule has 0 amide bonds. The Morgan fingerprint density at radius 1 is 1.30 bits per heavy atom. The van der Waals surface area contributed by atoms with Crippen molar-refractivity contribution in [1.29, 1.82) is 0 Å². The smallest absolute Gasteiger partial charge is 0.191 e. The fourth-order valence-electron chi connectivity index (χ4n) is 2.37. The summed E-state index contributed by atoms with van der Waals surface area (Å²) in [5.41, 5.74) is 8.01. The average molecular weight is 389 g/mol. The average Bonchev–Trinajstić information content (AvgIpc) is 2.45. The van der Waals surface area contributed by atoms with Crippen molar-refractivity contribution < 1.29 is 5.11 Å². The molecule has 1 fully saturated rings. The zero-order valence-corrected chi connectivity index (χ0v) is 14.3. The first-order chi connectivity index (χ1) is 9.20. The normalized spacial score (nSPS) is 16.9. The number of hydrogen-bond donors (Lipinski definition) is 2. The molecule has 0 atom stereocenters. The maximum absolute atomic E-state index is 9.27. The second-order valence-electron chi connectivity index (χ2n) is 5.27. The minimum atomic E-state index is 0. The largest absolute Gasteiger partial charge is 0.392 e. The lowest BCUT2D eigenvalue weighted by Gasteiger charge is -2.31. The number of rotatable bonds is 3. The van der Waals surface area contributed by atoms with E-state index in [2.05, 4.69) is 16.8 Å². The molecule has 0 bridgehead atoms. The molecule has 1 saturated heterocycles. The predicted molar refractivity (Wildman–Crippen MR) is 93.1 cm³/mol. The summed E-state index contributed by atoms with van der Waals surface area (Å²) >= 11 is 0. The third kappa shape index (κ3) is 4.63. The molecule has 0 unspecified atom stereocenters. The van der Waals surface area contributed by atoms with Gasteiger partial charge in [0.1, 0.15) is 0 Å². The van der Waals surface area contributed by atoms with Crippen LogP contribution in [0.3, 0.4) is 0 Å². The van der Waals surface area contributed by atoms with Gasteiger partial charge in [0.15, 0.2) is 5.96 Å². The zero-order chi connectivity index (χ0) is 13.7. The third-order valence-electron chi connectivity index (χ3n) is 3.81. The van der Waals surface area contributed by atoms with E-state index in [1.807, 2.05) is 24.3 Å². The van der Waals surface area contributed by atoms with Crippen LogP contribution >= 0.6 is 24.0 Å². The number of hydrogen-bond acceptors (Lipinski definition) is 2. The van der Waals surface area contributed by atoms with Crippen LogP contribution in [0.15, 0.2) is 29.3 Å². The number of benzene rings is 1. The molecule has 1 aliphatic heterocycles. The van der Waals surface area contributed by atoms with Gasteiger partial charge in [-0.2, -0.15) is 0 Å². The van der Waals surface area contributed by atoms with Gasteiger partial charge < -0.3 is 15.7 Å². The van der Waals surface area contributed by atoms with Crippen LogP contribution < -0.4 is 5.73 Å². The molecule has 20 heavy (non-hydrogen) atoms. The van der Waals surface area contributed by atoms with Crippen molar-refractivity contribution >= 4 is 29.9 Å². The predicted octanol–water partition coefficient (Wildman–Crippen LogP) is 2.34. The molecule has 1 aliphatic rings. The van der Waals surface area contributed by atoms with Gasteiger partial charge in [-0.1, -0.05) is 31.2 Å². The van der Waals surface area contributed by atoms with Crippen molar-refractivity contribution in [3.8, 4) is 0 Å². The summed E-state index contributed by atoms with van der Waals surface area (Å²) in [5.74, 6) is 1.42. The van der Waals surface area contributed by atoms with E-state index in [1.54, 1.807) is 0 Å². The van der Waals surface area contributed by atoms with Crippen molar-refractivity contribution in [2.45, 2.75) is 32.9 Å². The van der Waals surface area contributed by atoms with E-state index in [1.165, 1.54) is 12.8 Å². The molecular formula is C15H24IN3O. The van der Waals surface area contributed by atoms with Crippen molar-refractivity contribution in [3.05, 3.63) is 35.4 Å². The topological polar surface area (TPSA) is 61.8 Å². The van der Waals surface area contributed by atoms with E-state index in [0.29, 0.717) is 12.5 Å². The van der Waals surface area contributed by atoms with Crippen molar-refractivity contribution in [3.63, 3.8) is 0 Å². The molecule has 3 N–H and O–H groups in total. The first-order valence-electron chi connectivity index (χ1n) is 6.93. The lowest BCUT2D eigenvalue weighted by molar-refractivity contribution is 0.277. The lowest BCUT2D eigenvalue weighted by atomic mass is 10.00. The Morgan fingerprint density at radius 3 is 2.50 bits per heavy atom. The summed E-state index contributed by atoms with van der Waals surface area (Å²) < 4.78 is 0. The molecule has 112 valence electrons. The van der Waals surface area contributed by atoms with E-state index < -0.39 is 0 Å². The lowest BCUT2D eigenvalue weighted by Crippen LogP contribution is -2.42. The molecule has 5 heteroatoms. The molecule has 1 heterocycles. The maximum Gasteiger partial charge on any atom is 0.191 e. The molecule has 0 saturated carbocycles. The number of aliphatic imine (C=N–C) groups is 1. The summed E-state index contributed by atoms with van der Waals surface area (Å²) in [5, 5.41) is 9.27. The van der Waals surface area contributed by atoms with Gasteiger partial charge in [0.05, 0.1) is 13.2 Å². The van der Waals surface area contributed by atoms with Gasteiger partial charge in [-0.05, 0) is 29.9 Å². The highest BCUT2D eigenvalue weighted by molar-refractivity contribution is 14.0. The molecular weight excluding hydrogens is 365 g/mol. The quantitative estimate of drug-likeness (QED) is 0.474. The van der Waals surface area contributed by atoms with Crippen LogP contribution in [-0.2, 0) is 13.2 Å². The van der Waals surface area contributed by atoms with Gasteiger partial charge in [0, 0.05) is 13.1 Å². The number of likely N-dealkylation sites (tertiary alicyclic amines) is 1. The van der Waals surface area contributed by atoms with E-state index in [9.17, 15) is 5.11 Å². The number of nitrogens with two attached hydrogens (primary N) is 1. The minimum Gasteiger partial charge on any atom is -0.392 e. The SMILES string of the molecule is CC1CCN(C(N)=NCc2ccccc2CO)CC1.I. The Kier molecular flexibility index (Phi) is 7.29. The summed E-state index contributed by atoms with van der Waals surface area (Å²) in [4.78, 5) is 6.62. The van der Waals surface area contributed by atoms with Crippen molar-refractivity contribution in [2.24, 2.45) is 16.6 Å². The fraction of sp³-hybridized carbons (Fsp3) is 0.533. The highest BCUT2D eigenvalue weighted by atomic mass is 127. The Morgan fingerprint density at radius 2 is 1.90 bits per heavy atom. The van der Waals surface area contributed by atoms with Gasteiger partial charge in [0.2, 0.25) is 0 Å². The molecule has 1 aromatic rings. The van der Waals surface area contributed by atoms with Gasteiger partial charge in [-0.15, -0.1) is 24.0 Å². The van der Waals surface area contributed by atoms with E-state index >= 15 is 0 Å². The van der Waals surface area contributed by atoms with Gasteiger partial charge in [-0.3, -0.25) is 0 Å². The van der Waals surface area contributed by atoms with Gasteiger partial charge >= 0.3 is 0 Å². The van der Waals surface area contributed by atoms with Crippen LogP contribution in [-0.4, -0.2) is 29.1 Å². The van der Waals surface area contributed by atoms with E-state index in [-0.39, 0.29) is 30.6 Å². The number of aliphatic hydroxyl groups is 1. The summed E-state index contributed by atoms with van der Waals surface area (Å²) in [6, 6.07) is 7.79. The van der Waals surface area contributed by atoms with Gasteiger partial charge in [0.25, 0.3) is 0 Å². The number of aliphatic hydroxyl groups excluding tert-OH is 1. The Bertz CT molecular complexity index is 442. The van der Waals surface area contributed by atoms with Crippen LogP contribution in [0.5, 0.6) is 0 Å². The van der Waals surface area contributed by atoms with Crippen LogP contribution in [0, 0.1) is 5.92 Å². The third-order valence-corrected chi connectivity index (χ3v) is 3.81. The second kappa shape index (κ2) is 8.46. The molecule has 0 aliphatic carbocycles. The van der Waals surface area contributed by atoms with Crippen LogP contribution in [0.25, 0.3) is 0 Å². The van der Waals surface area contributed by atoms with Crippen molar-refractivity contribution in [2.75, 3.05) is 13.1 Å². The number of guanidine groups is 1. The van der Waals surface area contributed by atoms with Gasteiger partial charge in [-0.25, -0.2) is 4.99 Å². The second-order valence-corrected chi connectivity index (χ2v) is 5.27. The Hall–Kier alpha value is -0.820. The monoisotopic (exact) mass is 389 g/mol. The van der Waals surface area contributed by atoms with E-state index in [4.69, 9.17) is 5.73 Å². The Labute approximate surface area is 138 Å². The first kappa shape index (κ1) is 17.2. The number of halogens is 1. The molecule has 0 spiro atoms. The van der Waals surface area contributed by atoms with Crippen LogP contribution in [0.4, 0.5) is 0 Å². The molecule has 4 nitrogen and oxygen atoms in total. The summed E-state index contributed by atoms with van der Waals surface area (Å²) in [6.07, 6.45) is 2.37. The minimum absolute atomic E-state index is 0. The highest BCUT2D eigenvalue weighted by Gasteiger charge is 2.16. The first-order valence-corrected chi connectivity index (χ1v) is 6.93. The fourth-order valence-corrected chi connectivity index (χ4v) is 2.37. The summed E-state index contributed by atoms with van der Waals surface area (Å²) in [7, 11) is 0. The number of nitrogens with zero attached hydrogens (tertiary/aromatic N) is 2. The summed E-state index contributed by atoms with van der Waals surface area (Å²) in [6.45, 7) is 4.86. The molecule has 0 radical (unpaired) electrons. The maximum atomic E-state index is 9.27. The van der Waals surface area contributed by atoms with Crippen molar-refractivity contribution in [1.82, 2.24) is 4.90 Å².